The first-order valence-electron chi connectivity index (χ1n) is 9.49. The van der Waals surface area contributed by atoms with E-state index in [2.05, 4.69) is 33.0 Å². The molecule has 0 atom stereocenters. The first kappa shape index (κ1) is 21.0. The molecule has 6 heteroatoms. The third-order valence-electron chi connectivity index (χ3n) is 5.06. The zero-order valence-electron chi connectivity index (χ0n) is 17.1. The minimum atomic E-state index is -4.46. The lowest BCUT2D eigenvalue weighted by molar-refractivity contribution is -0.137. The van der Waals surface area contributed by atoms with Gasteiger partial charge in [-0.05, 0) is 58.9 Å². The Morgan fingerprint density at radius 3 is 2.07 bits per heavy atom. The zero-order valence-corrected chi connectivity index (χ0v) is 17.1. The van der Waals surface area contributed by atoms with Crippen LogP contribution < -0.4 is 10.1 Å². The van der Waals surface area contributed by atoms with Crippen LogP contribution in [0, 0.1) is 0 Å². The maximum Gasteiger partial charge on any atom is 0.416 e. The predicted molar refractivity (Wildman–Crippen MR) is 109 cm³/mol. The summed E-state index contributed by atoms with van der Waals surface area (Å²) in [5.74, 6) is 0.843. The largest absolute Gasteiger partial charge is 0.496 e. The summed E-state index contributed by atoms with van der Waals surface area (Å²) in [5.41, 5.74) is 3.08. The standard InChI is InChI=1S/C23H24F3NO2/c1-12(2)17-8-14(9-18(13(3)4)21(17)29-5)10-19-16-7-6-15(23(24,25)26)11-20(16)27-22(19)28/h6-13H,1-5H3,(H,27,28)/b19-10+. The lowest BCUT2D eigenvalue weighted by Crippen LogP contribution is -2.06. The van der Waals surface area contributed by atoms with Crippen LogP contribution in [0.3, 0.4) is 0 Å². The van der Waals surface area contributed by atoms with Crippen molar-refractivity contribution in [3.8, 4) is 5.75 Å². The summed E-state index contributed by atoms with van der Waals surface area (Å²) in [7, 11) is 1.64. The lowest BCUT2D eigenvalue weighted by Gasteiger charge is -2.19. The molecular weight excluding hydrogens is 379 g/mol. The molecule has 3 nitrogen and oxygen atoms in total. The van der Waals surface area contributed by atoms with Gasteiger partial charge < -0.3 is 10.1 Å². The minimum absolute atomic E-state index is 0.178. The number of carbonyl (C=O) groups excluding carboxylic acids is 1. The molecule has 1 N–H and O–H groups in total. The SMILES string of the molecule is COc1c(C(C)C)cc(/C=C2/C(=O)Nc3cc(C(F)(F)F)ccc32)cc1C(C)C. The molecular formula is C23H24F3NO2. The van der Waals surface area contributed by atoms with Gasteiger partial charge in [0, 0.05) is 16.8 Å². The molecule has 0 fully saturated rings. The fourth-order valence-electron chi connectivity index (χ4n) is 3.56. The van der Waals surface area contributed by atoms with Gasteiger partial charge in [-0.2, -0.15) is 13.2 Å². The molecule has 0 spiro atoms. The van der Waals surface area contributed by atoms with Gasteiger partial charge in [-0.15, -0.1) is 0 Å². The van der Waals surface area contributed by atoms with Crippen LogP contribution in [0.4, 0.5) is 18.9 Å². The Kier molecular flexibility index (Phi) is 5.48. The molecule has 0 radical (unpaired) electrons. The van der Waals surface area contributed by atoms with Crippen molar-refractivity contribution in [1.29, 1.82) is 0 Å². The summed E-state index contributed by atoms with van der Waals surface area (Å²) in [6.45, 7) is 8.26. The van der Waals surface area contributed by atoms with Crippen molar-refractivity contribution in [3.63, 3.8) is 0 Å². The van der Waals surface area contributed by atoms with Crippen molar-refractivity contribution in [1.82, 2.24) is 0 Å². The molecule has 3 rings (SSSR count). The zero-order chi connectivity index (χ0) is 21.5. The fraction of sp³-hybridized carbons (Fsp3) is 0.348. The quantitative estimate of drug-likeness (QED) is 0.596. The van der Waals surface area contributed by atoms with Gasteiger partial charge >= 0.3 is 6.18 Å². The molecule has 0 bridgehead atoms. The molecule has 0 saturated carbocycles. The van der Waals surface area contributed by atoms with Crippen LogP contribution in [0.1, 0.15) is 67.3 Å². The normalized spacial score (nSPS) is 15.2. The molecule has 0 aliphatic carbocycles. The Bertz CT molecular complexity index is 959. The summed E-state index contributed by atoms with van der Waals surface area (Å²) in [5, 5.41) is 2.55. The number of methoxy groups -OCH3 is 1. The molecule has 0 unspecified atom stereocenters. The average molecular weight is 403 g/mol. The first-order valence-corrected chi connectivity index (χ1v) is 9.49. The number of carbonyl (C=O) groups is 1. The predicted octanol–water partition coefficient (Wildman–Crippen LogP) is 6.45. The van der Waals surface area contributed by atoms with Gasteiger partial charge in [-0.25, -0.2) is 0 Å². The molecule has 0 aromatic heterocycles. The van der Waals surface area contributed by atoms with Crippen molar-refractivity contribution < 1.29 is 22.7 Å². The number of benzene rings is 2. The van der Waals surface area contributed by atoms with E-state index < -0.39 is 17.6 Å². The van der Waals surface area contributed by atoms with Gasteiger partial charge in [0.1, 0.15) is 5.75 Å². The highest BCUT2D eigenvalue weighted by molar-refractivity contribution is 6.35. The first-order chi connectivity index (χ1) is 13.5. The van der Waals surface area contributed by atoms with Crippen molar-refractivity contribution in [2.45, 2.75) is 45.7 Å². The number of hydrogen-bond acceptors (Lipinski definition) is 2. The van der Waals surface area contributed by atoms with E-state index in [0.29, 0.717) is 11.1 Å². The molecule has 1 heterocycles. The van der Waals surface area contributed by atoms with Crippen LogP contribution in [0.15, 0.2) is 30.3 Å². The number of amides is 1. The van der Waals surface area contributed by atoms with Crippen molar-refractivity contribution >= 4 is 23.2 Å². The number of nitrogens with one attached hydrogen (secondary N) is 1. The van der Waals surface area contributed by atoms with Crippen LogP contribution in [-0.4, -0.2) is 13.0 Å². The summed E-state index contributed by atoms with van der Waals surface area (Å²) in [4.78, 5) is 12.5. The number of halogens is 3. The Balaban J connectivity index is 2.13. The van der Waals surface area contributed by atoms with Gasteiger partial charge in [0.25, 0.3) is 5.91 Å². The number of anilines is 1. The fourth-order valence-corrected chi connectivity index (χ4v) is 3.56. The van der Waals surface area contributed by atoms with Crippen molar-refractivity contribution in [3.05, 3.63) is 58.1 Å². The van der Waals surface area contributed by atoms with Gasteiger partial charge in [0.15, 0.2) is 0 Å². The number of hydrogen-bond donors (Lipinski definition) is 1. The second-order valence-electron chi connectivity index (χ2n) is 7.81. The monoisotopic (exact) mass is 403 g/mol. The number of alkyl halides is 3. The smallest absolute Gasteiger partial charge is 0.416 e. The van der Waals surface area contributed by atoms with Crippen LogP contribution in [0.5, 0.6) is 5.75 Å². The molecule has 2 aromatic carbocycles. The summed E-state index contributed by atoms with van der Waals surface area (Å²) in [6.07, 6.45) is -2.73. The highest BCUT2D eigenvalue weighted by Gasteiger charge is 2.33. The lowest BCUT2D eigenvalue weighted by atomic mass is 9.90. The highest BCUT2D eigenvalue weighted by atomic mass is 19.4. The van der Waals surface area contributed by atoms with Crippen LogP contribution >= 0.6 is 0 Å². The number of fused-ring (bicyclic) bond motifs is 1. The summed E-state index contributed by atoms with van der Waals surface area (Å²) < 4.78 is 44.5. The van der Waals surface area contributed by atoms with Gasteiger partial charge in [0.05, 0.1) is 12.7 Å². The van der Waals surface area contributed by atoms with Gasteiger partial charge in [-0.1, -0.05) is 33.8 Å². The molecule has 1 aliphatic rings. The number of ether oxygens (including phenoxy) is 1. The minimum Gasteiger partial charge on any atom is -0.496 e. The maximum atomic E-state index is 13.0. The Morgan fingerprint density at radius 1 is 1.00 bits per heavy atom. The second kappa shape index (κ2) is 7.58. The second-order valence-corrected chi connectivity index (χ2v) is 7.81. The third kappa shape index (κ3) is 4.02. The topological polar surface area (TPSA) is 38.3 Å². The summed E-state index contributed by atoms with van der Waals surface area (Å²) >= 11 is 0. The molecule has 154 valence electrons. The number of rotatable bonds is 4. The van der Waals surface area contributed by atoms with E-state index in [1.165, 1.54) is 6.07 Å². The van der Waals surface area contributed by atoms with E-state index in [9.17, 15) is 18.0 Å². The van der Waals surface area contributed by atoms with E-state index in [-0.39, 0.29) is 17.5 Å². The van der Waals surface area contributed by atoms with E-state index in [1.807, 2.05) is 12.1 Å². The van der Waals surface area contributed by atoms with Crippen molar-refractivity contribution in [2.75, 3.05) is 12.4 Å². The van der Waals surface area contributed by atoms with Gasteiger partial charge in [0.2, 0.25) is 0 Å². The van der Waals surface area contributed by atoms with Crippen LogP contribution in [0.25, 0.3) is 11.6 Å². The molecule has 2 aromatic rings. The molecule has 29 heavy (non-hydrogen) atoms. The Labute approximate surface area is 168 Å². The van der Waals surface area contributed by atoms with E-state index in [1.54, 1.807) is 13.2 Å². The van der Waals surface area contributed by atoms with Crippen LogP contribution in [0.2, 0.25) is 0 Å². The Hall–Kier alpha value is -2.76. The van der Waals surface area contributed by atoms with Crippen molar-refractivity contribution in [2.24, 2.45) is 0 Å². The molecule has 0 saturated heterocycles. The highest BCUT2D eigenvalue weighted by Crippen LogP contribution is 2.40. The van der Waals surface area contributed by atoms with E-state index in [0.717, 1.165) is 34.6 Å². The molecule has 1 amide bonds. The maximum absolute atomic E-state index is 13.0. The van der Waals surface area contributed by atoms with Crippen LogP contribution in [-0.2, 0) is 11.0 Å². The third-order valence-corrected chi connectivity index (χ3v) is 5.06. The summed E-state index contributed by atoms with van der Waals surface area (Å²) in [6, 6.07) is 7.26. The van der Waals surface area contributed by atoms with Gasteiger partial charge in [-0.3, -0.25) is 4.79 Å². The van der Waals surface area contributed by atoms with E-state index in [4.69, 9.17) is 4.74 Å². The Morgan fingerprint density at radius 2 is 1.59 bits per heavy atom. The van der Waals surface area contributed by atoms with E-state index >= 15 is 0 Å². The average Bonchev–Trinajstić information content (AvgIpc) is 2.94. The molecule has 1 aliphatic heterocycles.